The molecule has 0 bridgehead atoms. The fraction of sp³-hybridized carbons (Fsp3) is 0.150. The van der Waals surface area contributed by atoms with Gasteiger partial charge in [-0.15, -0.1) is 11.8 Å². The minimum absolute atomic E-state index is 0.0196. The molecule has 1 aliphatic carbocycles. The summed E-state index contributed by atoms with van der Waals surface area (Å²) in [5, 5.41) is -0.532. The van der Waals surface area contributed by atoms with E-state index in [0.717, 1.165) is 27.7 Å². The molecule has 3 rings (SSSR count). The van der Waals surface area contributed by atoms with Gasteiger partial charge in [-0.1, -0.05) is 12.1 Å². The largest absolute Gasteiger partial charge is 0.281 e. The van der Waals surface area contributed by atoms with E-state index in [-0.39, 0.29) is 6.42 Å². The van der Waals surface area contributed by atoms with E-state index in [4.69, 9.17) is 11.6 Å². The van der Waals surface area contributed by atoms with Crippen LogP contribution < -0.4 is 0 Å². The van der Waals surface area contributed by atoms with Crippen molar-refractivity contribution < 1.29 is 13.6 Å². The van der Waals surface area contributed by atoms with Crippen molar-refractivity contribution in [1.29, 1.82) is 0 Å². The predicted molar refractivity (Wildman–Crippen MR) is 101 cm³/mol. The number of carbonyl (C=O) groups is 1. The van der Waals surface area contributed by atoms with Gasteiger partial charge in [0.05, 0.1) is 0 Å². The van der Waals surface area contributed by atoms with Crippen LogP contribution in [0.3, 0.4) is 0 Å². The number of fused-ring (bicyclic) bond motifs is 1. The summed E-state index contributed by atoms with van der Waals surface area (Å²) in [6, 6.07) is 10.3. The van der Waals surface area contributed by atoms with Crippen LogP contribution >= 0.6 is 23.4 Å². The Morgan fingerprint density at radius 2 is 1.72 bits per heavy atom. The molecule has 0 fully saturated rings. The molecule has 0 aliphatic heterocycles. The lowest BCUT2D eigenvalue weighted by atomic mass is 10.0. The Hall–Kier alpha value is -1.91. The summed E-state index contributed by atoms with van der Waals surface area (Å²) in [6.45, 7) is 1.84. The molecule has 0 unspecified atom stereocenters. The third kappa shape index (κ3) is 3.55. The molecule has 0 N–H and O–H groups in total. The lowest BCUT2D eigenvalue weighted by Crippen LogP contribution is -1.94. The van der Waals surface area contributed by atoms with E-state index in [1.807, 2.05) is 43.5 Å². The average molecular weight is 377 g/mol. The van der Waals surface area contributed by atoms with Crippen LogP contribution in [-0.2, 0) is 4.79 Å². The van der Waals surface area contributed by atoms with E-state index >= 15 is 0 Å². The molecule has 0 amide bonds. The van der Waals surface area contributed by atoms with Gasteiger partial charge < -0.3 is 0 Å². The van der Waals surface area contributed by atoms with Crippen LogP contribution in [0.1, 0.15) is 30.0 Å². The Labute approximate surface area is 154 Å². The summed E-state index contributed by atoms with van der Waals surface area (Å²) in [5.74, 6) is -1.84. The lowest BCUT2D eigenvalue weighted by molar-refractivity contribution is -0.110. The monoisotopic (exact) mass is 376 g/mol. The first kappa shape index (κ1) is 17.9. The van der Waals surface area contributed by atoms with Crippen molar-refractivity contribution in [3.8, 4) is 0 Å². The zero-order valence-electron chi connectivity index (χ0n) is 13.7. The third-order valence-corrected chi connectivity index (χ3v) is 5.15. The molecular formula is C20H15ClF2OS. The van der Waals surface area contributed by atoms with E-state index < -0.39 is 16.9 Å². The van der Waals surface area contributed by atoms with Crippen LogP contribution in [0.2, 0.25) is 0 Å². The van der Waals surface area contributed by atoms with Gasteiger partial charge in [-0.05, 0) is 88.5 Å². The van der Waals surface area contributed by atoms with Crippen molar-refractivity contribution in [2.45, 2.75) is 18.2 Å². The zero-order chi connectivity index (χ0) is 18.1. The summed E-state index contributed by atoms with van der Waals surface area (Å²) < 4.78 is 27.5. The van der Waals surface area contributed by atoms with Crippen LogP contribution in [-0.4, -0.2) is 11.5 Å². The highest BCUT2D eigenvalue weighted by atomic mass is 35.5. The molecule has 128 valence electrons. The van der Waals surface area contributed by atoms with Gasteiger partial charge in [-0.3, -0.25) is 4.79 Å². The number of thioether (sulfide) groups is 1. The molecule has 2 aromatic carbocycles. The van der Waals surface area contributed by atoms with Crippen LogP contribution in [0.5, 0.6) is 0 Å². The van der Waals surface area contributed by atoms with Crippen molar-refractivity contribution in [2.24, 2.45) is 0 Å². The Morgan fingerprint density at radius 3 is 2.28 bits per heavy atom. The van der Waals surface area contributed by atoms with E-state index in [0.29, 0.717) is 16.7 Å². The van der Waals surface area contributed by atoms with Gasteiger partial charge in [-0.2, -0.15) is 0 Å². The molecule has 0 atom stereocenters. The quantitative estimate of drug-likeness (QED) is 0.469. The van der Waals surface area contributed by atoms with Gasteiger partial charge >= 0.3 is 0 Å². The lowest BCUT2D eigenvalue weighted by Gasteiger charge is -2.06. The van der Waals surface area contributed by atoms with Crippen molar-refractivity contribution in [3.63, 3.8) is 0 Å². The number of rotatable bonds is 4. The Morgan fingerprint density at radius 1 is 1.12 bits per heavy atom. The average Bonchev–Trinajstić information content (AvgIpc) is 2.81. The normalized spacial score (nSPS) is 15.0. The van der Waals surface area contributed by atoms with Crippen molar-refractivity contribution >= 4 is 45.8 Å². The van der Waals surface area contributed by atoms with E-state index in [1.165, 1.54) is 6.07 Å². The second kappa shape index (κ2) is 7.14. The van der Waals surface area contributed by atoms with Crippen molar-refractivity contribution in [1.82, 2.24) is 0 Å². The minimum Gasteiger partial charge on any atom is -0.281 e. The highest BCUT2D eigenvalue weighted by Crippen LogP contribution is 2.44. The van der Waals surface area contributed by atoms with Crippen molar-refractivity contribution in [3.05, 3.63) is 70.3 Å². The van der Waals surface area contributed by atoms with Gasteiger partial charge in [0.2, 0.25) is 5.24 Å². The molecule has 25 heavy (non-hydrogen) atoms. The molecule has 0 spiro atoms. The van der Waals surface area contributed by atoms with E-state index in [9.17, 15) is 13.6 Å². The van der Waals surface area contributed by atoms with E-state index in [2.05, 4.69) is 0 Å². The first-order chi connectivity index (χ1) is 11.9. The molecule has 0 saturated carbocycles. The Balaban J connectivity index is 2.15. The summed E-state index contributed by atoms with van der Waals surface area (Å²) >= 11 is 7.19. The van der Waals surface area contributed by atoms with Gasteiger partial charge in [-0.25, -0.2) is 8.78 Å². The number of hydrogen-bond acceptors (Lipinski definition) is 2. The predicted octanol–water partition coefficient (Wildman–Crippen LogP) is 6.17. The second-order valence-corrected chi connectivity index (χ2v) is 7.08. The maximum absolute atomic E-state index is 13.8. The SMILES string of the molecule is CSc1ccc(C=C2C(C)=C(CC(=O)Cl)c3cc(F)c(F)cc32)cc1. The Bertz CT molecular complexity index is 914. The van der Waals surface area contributed by atoms with Gasteiger partial charge in [0.25, 0.3) is 0 Å². The molecule has 2 aromatic rings. The maximum Gasteiger partial charge on any atom is 0.226 e. The van der Waals surface area contributed by atoms with Gasteiger partial charge in [0.15, 0.2) is 11.6 Å². The summed E-state index contributed by atoms with van der Waals surface area (Å²) in [7, 11) is 0. The molecular weight excluding hydrogens is 362 g/mol. The van der Waals surface area contributed by atoms with Gasteiger partial charge in [0.1, 0.15) is 0 Å². The summed E-state index contributed by atoms with van der Waals surface area (Å²) in [4.78, 5) is 12.5. The smallest absolute Gasteiger partial charge is 0.226 e. The molecule has 1 nitrogen and oxygen atoms in total. The topological polar surface area (TPSA) is 17.1 Å². The molecule has 0 heterocycles. The van der Waals surface area contributed by atoms with Crippen LogP contribution in [0.15, 0.2) is 46.9 Å². The Kier molecular flexibility index (Phi) is 5.11. The first-order valence-electron chi connectivity index (χ1n) is 7.64. The highest BCUT2D eigenvalue weighted by Gasteiger charge is 2.26. The summed E-state index contributed by atoms with van der Waals surface area (Å²) in [5.41, 5.74) is 4.28. The fourth-order valence-electron chi connectivity index (χ4n) is 3.01. The van der Waals surface area contributed by atoms with Gasteiger partial charge in [0, 0.05) is 11.3 Å². The number of halogens is 3. The molecule has 0 saturated heterocycles. The third-order valence-electron chi connectivity index (χ3n) is 4.27. The molecule has 5 heteroatoms. The van der Waals surface area contributed by atoms with E-state index in [1.54, 1.807) is 11.8 Å². The maximum atomic E-state index is 13.8. The van der Waals surface area contributed by atoms with Crippen LogP contribution in [0.25, 0.3) is 17.2 Å². The molecule has 0 radical (unpaired) electrons. The highest BCUT2D eigenvalue weighted by molar-refractivity contribution is 7.98. The van der Waals surface area contributed by atoms with Crippen LogP contribution in [0.4, 0.5) is 8.78 Å². The minimum atomic E-state index is -0.934. The van der Waals surface area contributed by atoms with Crippen LogP contribution in [0, 0.1) is 11.6 Å². The number of allylic oxidation sites excluding steroid dienone is 3. The number of carbonyl (C=O) groups excluding carboxylic acids is 1. The molecule has 1 aliphatic rings. The molecule has 0 aromatic heterocycles. The zero-order valence-corrected chi connectivity index (χ0v) is 15.3. The first-order valence-corrected chi connectivity index (χ1v) is 9.25. The summed E-state index contributed by atoms with van der Waals surface area (Å²) in [6.07, 6.45) is 3.90. The standard InChI is InChI=1S/C20H15ClF2OS/c1-11-14(7-12-3-5-13(25-2)6-4-12)16-8-18(22)19(23)9-17(16)15(11)10-20(21)24/h3-9H,10H2,1-2H3. The number of benzene rings is 2. The second-order valence-electron chi connectivity index (χ2n) is 5.78. The van der Waals surface area contributed by atoms with Crippen molar-refractivity contribution in [2.75, 3.05) is 6.26 Å². The number of hydrogen-bond donors (Lipinski definition) is 0. The fourth-order valence-corrected chi connectivity index (χ4v) is 3.55.